The van der Waals surface area contributed by atoms with E-state index in [2.05, 4.69) is 69.4 Å². The van der Waals surface area contributed by atoms with Gasteiger partial charge in [0.1, 0.15) is 13.2 Å². The molecule has 0 saturated carbocycles. The number of unbranched alkanes of at least 4 members (excludes halogenated alkanes) is 20. The van der Waals surface area contributed by atoms with Gasteiger partial charge < -0.3 is 14.2 Å². The van der Waals surface area contributed by atoms with Gasteiger partial charge in [-0.2, -0.15) is 0 Å². The topological polar surface area (TPSA) is 78.9 Å². The molecule has 366 valence electrons. The molecular formula is C59H94O6. The quantitative estimate of drug-likeness (QED) is 0.0199. The molecule has 0 rings (SSSR count). The minimum atomic E-state index is -0.814. The fourth-order valence-corrected chi connectivity index (χ4v) is 6.79. The Morgan fingerprint density at radius 2 is 0.677 bits per heavy atom. The Hall–Kier alpha value is -4.19. The fourth-order valence-electron chi connectivity index (χ4n) is 6.79. The minimum absolute atomic E-state index is 0.115. The zero-order valence-electron chi connectivity index (χ0n) is 41.7. The van der Waals surface area contributed by atoms with Crippen LogP contribution in [-0.4, -0.2) is 37.2 Å². The van der Waals surface area contributed by atoms with Crippen LogP contribution in [0.15, 0.2) is 122 Å². The Bertz CT molecular complexity index is 1400. The first-order valence-corrected chi connectivity index (χ1v) is 26.1. The van der Waals surface area contributed by atoms with E-state index in [9.17, 15) is 14.4 Å². The van der Waals surface area contributed by atoms with Crippen molar-refractivity contribution in [2.45, 2.75) is 219 Å². The zero-order valence-corrected chi connectivity index (χ0v) is 41.7. The van der Waals surface area contributed by atoms with E-state index in [-0.39, 0.29) is 31.1 Å². The van der Waals surface area contributed by atoms with E-state index < -0.39 is 6.10 Å². The summed E-state index contributed by atoms with van der Waals surface area (Å²) in [4.78, 5) is 38.0. The Balaban J connectivity index is 4.53. The number of allylic oxidation sites excluding steroid dienone is 20. The molecule has 1 unspecified atom stereocenters. The smallest absolute Gasteiger partial charge is 0.306 e. The normalized spacial score (nSPS) is 13.1. The fraction of sp³-hybridized carbons (Fsp3) is 0.610. The van der Waals surface area contributed by atoms with Crippen LogP contribution in [0.3, 0.4) is 0 Å². The van der Waals surface area contributed by atoms with E-state index in [1.54, 1.807) is 0 Å². The van der Waals surface area contributed by atoms with Crippen LogP contribution in [0, 0.1) is 0 Å². The molecule has 0 aromatic rings. The highest BCUT2D eigenvalue weighted by molar-refractivity contribution is 5.71. The molecule has 0 radical (unpaired) electrons. The third-order valence-corrected chi connectivity index (χ3v) is 10.7. The number of hydrogen-bond donors (Lipinski definition) is 0. The van der Waals surface area contributed by atoms with Gasteiger partial charge in [0.05, 0.1) is 0 Å². The molecule has 0 aliphatic carbocycles. The molecule has 0 spiro atoms. The third kappa shape index (κ3) is 50.7. The average Bonchev–Trinajstić information content (AvgIpc) is 3.30. The lowest BCUT2D eigenvalue weighted by Crippen LogP contribution is -2.30. The molecule has 0 aromatic heterocycles. The molecular weight excluding hydrogens is 805 g/mol. The van der Waals surface area contributed by atoms with Crippen LogP contribution in [0.1, 0.15) is 213 Å². The van der Waals surface area contributed by atoms with Crippen LogP contribution in [0.2, 0.25) is 0 Å². The van der Waals surface area contributed by atoms with Crippen molar-refractivity contribution < 1.29 is 28.6 Å². The molecule has 0 aliphatic rings. The maximum absolute atomic E-state index is 12.8. The number of esters is 3. The maximum atomic E-state index is 12.8. The van der Waals surface area contributed by atoms with Gasteiger partial charge in [0.2, 0.25) is 0 Å². The zero-order chi connectivity index (χ0) is 47.2. The number of rotatable bonds is 45. The molecule has 0 bridgehead atoms. The summed E-state index contributed by atoms with van der Waals surface area (Å²) in [5, 5.41) is 0. The van der Waals surface area contributed by atoms with Gasteiger partial charge in [-0.25, -0.2) is 0 Å². The summed E-state index contributed by atoms with van der Waals surface area (Å²) in [5.74, 6) is -1.000. The molecule has 0 amide bonds. The molecule has 6 nitrogen and oxygen atoms in total. The second-order valence-corrected chi connectivity index (χ2v) is 16.9. The van der Waals surface area contributed by atoms with Crippen molar-refractivity contribution >= 4 is 17.9 Å². The molecule has 0 heterocycles. The first kappa shape index (κ1) is 60.8. The monoisotopic (exact) mass is 899 g/mol. The molecule has 6 heteroatoms. The van der Waals surface area contributed by atoms with E-state index in [0.717, 1.165) is 89.9 Å². The number of ether oxygens (including phenoxy) is 3. The lowest BCUT2D eigenvalue weighted by atomic mass is 10.0. The number of carbonyl (C=O) groups excluding carboxylic acids is 3. The van der Waals surface area contributed by atoms with Crippen molar-refractivity contribution in [2.75, 3.05) is 13.2 Å². The van der Waals surface area contributed by atoms with Crippen molar-refractivity contribution in [3.05, 3.63) is 122 Å². The number of carbonyl (C=O) groups is 3. The van der Waals surface area contributed by atoms with Gasteiger partial charge >= 0.3 is 17.9 Å². The molecule has 0 fully saturated rings. The molecule has 0 aromatic carbocycles. The highest BCUT2D eigenvalue weighted by Gasteiger charge is 2.19. The van der Waals surface area contributed by atoms with Gasteiger partial charge in [0.25, 0.3) is 0 Å². The third-order valence-electron chi connectivity index (χ3n) is 10.7. The molecule has 1 atom stereocenters. The summed E-state index contributed by atoms with van der Waals surface area (Å²) >= 11 is 0. The van der Waals surface area contributed by atoms with Gasteiger partial charge in [-0.3, -0.25) is 14.4 Å². The second-order valence-electron chi connectivity index (χ2n) is 16.9. The molecule has 0 aliphatic heterocycles. The Kier molecular flexibility index (Phi) is 49.1. The summed E-state index contributed by atoms with van der Waals surface area (Å²) in [6.07, 6.45) is 71.8. The number of hydrogen-bond acceptors (Lipinski definition) is 6. The van der Waals surface area contributed by atoms with E-state index in [1.165, 1.54) is 83.5 Å². The molecule has 0 N–H and O–H groups in total. The average molecular weight is 899 g/mol. The van der Waals surface area contributed by atoms with Crippen molar-refractivity contribution in [2.24, 2.45) is 0 Å². The first-order chi connectivity index (χ1) is 32.0. The van der Waals surface area contributed by atoms with Crippen LogP contribution in [-0.2, 0) is 28.6 Å². The van der Waals surface area contributed by atoms with Gasteiger partial charge in [-0.1, -0.05) is 245 Å². The summed E-state index contributed by atoms with van der Waals surface area (Å²) in [6, 6.07) is 0. The summed E-state index contributed by atoms with van der Waals surface area (Å²) < 4.78 is 16.7. The standard InChI is InChI=1S/C59H94O6/c1-4-7-10-13-16-19-22-25-27-29-30-31-33-34-37-40-43-46-49-52-58(61)64-55-56(54-63-57(60)51-48-45-42-39-36-24-21-18-15-12-9-6-3)65-59(62)53-50-47-44-41-38-35-32-28-26-23-20-17-14-11-8-5-2/h7,9-10,12-13,16,18-19,21-22,25,27,29-31,33-34,36-37,39,56H,4-6,8,11,14-15,17,20,23-24,26,28,32,35,38,40-55H2,1-3H3/b10-7-,12-9-,16-13-,21-18-,22-19-,27-25-,30-29+,33-31-,37-34-,39-36-. The van der Waals surface area contributed by atoms with Gasteiger partial charge in [-0.05, 0) is 70.6 Å². The van der Waals surface area contributed by atoms with Crippen LogP contribution >= 0.6 is 0 Å². The highest BCUT2D eigenvalue weighted by atomic mass is 16.6. The van der Waals surface area contributed by atoms with Crippen molar-refractivity contribution in [1.82, 2.24) is 0 Å². The van der Waals surface area contributed by atoms with E-state index in [4.69, 9.17) is 14.2 Å². The van der Waals surface area contributed by atoms with E-state index in [1.807, 2.05) is 72.9 Å². The van der Waals surface area contributed by atoms with Crippen LogP contribution in [0.4, 0.5) is 0 Å². The summed E-state index contributed by atoms with van der Waals surface area (Å²) in [7, 11) is 0. The van der Waals surface area contributed by atoms with E-state index >= 15 is 0 Å². The Morgan fingerprint density at radius 3 is 1.15 bits per heavy atom. The largest absolute Gasteiger partial charge is 0.462 e. The molecule has 65 heavy (non-hydrogen) atoms. The Labute approximate surface area is 399 Å². The van der Waals surface area contributed by atoms with Gasteiger partial charge in [-0.15, -0.1) is 0 Å². The minimum Gasteiger partial charge on any atom is -0.462 e. The predicted molar refractivity (Wildman–Crippen MR) is 279 cm³/mol. The molecule has 0 saturated heterocycles. The van der Waals surface area contributed by atoms with Gasteiger partial charge in [0, 0.05) is 19.3 Å². The van der Waals surface area contributed by atoms with E-state index in [0.29, 0.717) is 19.3 Å². The summed E-state index contributed by atoms with van der Waals surface area (Å²) in [5.41, 5.74) is 0. The lowest BCUT2D eigenvalue weighted by Gasteiger charge is -2.18. The highest BCUT2D eigenvalue weighted by Crippen LogP contribution is 2.15. The van der Waals surface area contributed by atoms with Gasteiger partial charge in [0.15, 0.2) is 6.10 Å². The second kappa shape index (κ2) is 52.4. The first-order valence-electron chi connectivity index (χ1n) is 26.1. The van der Waals surface area contributed by atoms with Crippen molar-refractivity contribution in [3.63, 3.8) is 0 Å². The maximum Gasteiger partial charge on any atom is 0.306 e. The summed E-state index contributed by atoms with van der Waals surface area (Å²) in [6.45, 7) is 6.29. The predicted octanol–water partition coefficient (Wildman–Crippen LogP) is 17.3. The van der Waals surface area contributed by atoms with Crippen molar-refractivity contribution in [3.8, 4) is 0 Å². The lowest BCUT2D eigenvalue weighted by molar-refractivity contribution is -0.167. The van der Waals surface area contributed by atoms with Crippen LogP contribution in [0.25, 0.3) is 0 Å². The SMILES string of the molecule is CC\C=C/C=C\C=C/C=C\C=C\C=C/C=C\CCCCCC(=O)OCC(COC(=O)CCCC/C=C\C/C=C\C/C=C\CC)OC(=O)CCCCCCCCCCCCCCCCCC. The van der Waals surface area contributed by atoms with Crippen LogP contribution < -0.4 is 0 Å². The Morgan fingerprint density at radius 1 is 0.338 bits per heavy atom. The van der Waals surface area contributed by atoms with Crippen molar-refractivity contribution in [1.29, 1.82) is 0 Å². The van der Waals surface area contributed by atoms with Crippen LogP contribution in [0.5, 0.6) is 0 Å².